The standard InChI is InChI=1S/C11H20N2O3/c14-11(13-3-6-15-7-4-13)9-12-8-10-2-1-5-16-10/h10,12H,1-9H2/p+1/t10-/m0/s1. The largest absolute Gasteiger partial charge is 0.378 e. The van der Waals surface area contributed by atoms with E-state index in [1.165, 1.54) is 0 Å². The summed E-state index contributed by atoms with van der Waals surface area (Å²) in [5.41, 5.74) is 0. The van der Waals surface area contributed by atoms with Crippen LogP contribution in [0.15, 0.2) is 0 Å². The van der Waals surface area contributed by atoms with Crippen molar-refractivity contribution in [1.82, 2.24) is 4.90 Å². The number of nitrogens with two attached hydrogens (primary N) is 1. The van der Waals surface area contributed by atoms with Gasteiger partial charge in [0.25, 0.3) is 5.91 Å². The van der Waals surface area contributed by atoms with E-state index in [0.29, 0.717) is 25.9 Å². The molecule has 0 unspecified atom stereocenters. The minimum absolute atomic E-state index is 0.223. The third-order valence-corrected chi connectivity index (χ3v) is 3.14. The summed E-state index contributed by atoms with van der Waals surface area (Å²) in [4.78, 5) is 13.7. The Balaban J connectivity index is 1.59. The molecule has 2 aliphatic heterocycles. The number of ether oxygens (including phenoxy) is 2. The summed E-state index contributed by atoms with van der Waals surface area (Å²) >= 11 is 0. The lowest BCUT2D eigenvalue weighted by Gasteiger charge is -2.26. The molecule has 0 aliphatic carbocycles. The van der Waals surface area contributed by atoms with Crippen molar-refractivity contribution in [2.45, 2.75) is 18.9 Å². The zero-order chi connectivity index (χ0) is 11.2. The zero-order valence-electron chi connectivity index (χ0n) is 9.69. The van der Waals surface area contributed by atoms with Crippen molar-refractivity contribution in [2.24, 2.45) is 0 Å². The molecule has 2 fully saturated rings. The van der Waals surface area contributed by atoms with Gasteiger partial charge in [-0.1, -0.05) is 0 Å². The quantitative estimate of drug-likeness (QED) is 0.644. The molecule has 5 heteroatoms. The summed E-state index contributed by atoms with van der Waals surface area (Å²) < 4.78 is 10.7. The molecule has 16 heavy (non-hydrogen) atoms. The molecule has 2 heterocycles. The van der Waals surface area contributed by atoms with Crippen molar-refractivity contribution < 1.29 is 19.6 Å². The molecule has 2 aliphatic rings. The predicted molar refractivity (Wildman–Crippen MR) is 58.0 cm³/mol. The molecule has 0 bridgehead atoms. The van der Waals surface area contributed by atoms with Gasteiger partial charge in [-0.15, -0.1) is 0 Å². The van der Waals surface area contributed by atoms with Crippen LogP contribution in [0.25, 0.3) is 0 Å². The van der Waals surface area contributed by atoms with Gasteiger partial charge in [0.2, 0.25) is 0 Å². The highest BCUT2D eigenvalue weighted by Crippen LogP contribution is 2.09. The summed E-state index contributed by atoms with van der Waals surface area (Å²) in [7, 11) is 0. The molecule has 0 saturated carbocycles. The molecule has 2 N–H and O–H groups in total. The lowest BCUT2D eigenvalue weighted by Crippen LogP contribution is -2.88. The van der Waals surface area contributed by atoms with E-state index >= 15 is 0 Å². The molecule has 0 spiro atoms. The van der Waals surface area contributed by atoms with Gasteiger partial charge < -0.3 is 19.7 Å². The van der Waals surface area contributed by atoms with Crippen molar-refractivity contribution in [3.8, 4) is 0 Å². The normalized spacial score (nSPS) is 26.0. The molecule has 1 atom stereocenters. The number of nitrogens with zero attached hydrogens (tertiary/aromatic N) is 1. The SMILES string of the molecule is O=C(C[NH2+]C[C@@H]1CCCO1)N1CCOCC1. The van der Waals surface area contributed by atoms with Gasteiger partial charge >= 0.3 is 0 Å². The van der Waals surface area contributed by atoms with Crippen LogP contribution in [0.3, 0.4) is 0 Å². The number of morpholine rings is 1. The molecule has 0 radical (unpaired) electrons. The summed E-state index contributed by atoms with van der Waals surface area (Å²) in [5.74, 6) is 0.223. The van der Waals surface area contributed by atoms with Gasteiger partial charge in [0.15, 0.2) is 6.54 Å². The molecule has 2 rings (SSSR count). The Bertz CT molecular complexity index is 223. The second kappa shape index (κ2) is 6.18. The van der Waals surface area contributed by atoms with E-state index in [9.17, 15) is 4.79 Å². The van der Waals surface area contributed by atoms with Crippen molar-refractivity contribution in [3.63, 3.8) is 0 Å². The number of amides is 1. The van der Waals surface area contributed by atoms with E-state index in [2.05, 4.69) is 5.32 Å². The molecule has 5 nitrogen and oxygen atoms in total. The van der Waals surface area contributed by atoms with Crippen LogP contribution in [0.4, 0.5) is 0 Å². The second-order valence-corrected chi connectivity index (χ2v) is 4.36. The third-order valence-electron chi connectivity index (χ3n) is 3.14. The third kappa shape index (κ3) is 3.43. The Hall–Kier alpha value is -0.650. The molecular formula is C11H21N2O3+. The first-order chi connectivity index (χ1) is 7.86. The van der Waals surface area contributed by atoms with Gasteiger partial charge in [0, 0.05) is 19.7 Å². The molecule has 0 aromatic carbocycles. The fraction of sp³-hybridized carbons (Fsp3) is 0.909. The van der Waals surface area contributed by atoms with Crippen LogP contribution < -0.4 is 5.32 Å². The van der Waals surface area contributed by atoms with Crippen molar-refractivity contribution in [2.75, 3.05) is 46.0 Å². The maximum Gasteiger partial charge on any atom is 0.277 e. The Kier molecular flexibility index (Phi) is 4.56. The number of hydrogen-bond acceptors (Lipinski definition) is 3. The smallest absolute Gasteiger partial charge is 0.277 e. The summed E-state index contributed by atoms with van der Waals surface area (Å²) in [5, 5.41) is 2.06. The Morgan fingerprint density at radius 1 is 1.31 bits per heavy atom. The van der Waals surface area contributed by atoms with E-state index in [4.69, 9.17) is 9.47 Å². The van der Waals surface area contributed by atoms with Crippen LogP contribution in [0.2, 0.25) is 0 Å². The van der Waals surface area contributed by atoms with E-state index in [-0.39, 0.29) is 5.91 Å². The molecule has 2 saturated heterocycles. The van der Waals surface area contributed by atoms with E-state index in [1.807, 2.05) is 4.90 Å². The van der Waals surface area contributed by atoms with Gasteiger partial charge in [-0.25, -0.2) is 0 Å². The van der Waals surface area contributed by atoms with Crippen LogP contribution in [0, 0.1) is 0 Å². The highest BCUT2D eigenvalue weighted by molar-refractivity contribution is 5.77. The number of carbonyl (C=O) groups is 1. The summed E-state index contributed by atoms with van der Waals surface area (Å²) in [6.07, 6.45) is 2.66. The minimum atomic E-state index is 0.223. The van der Waals surface area contributed by atoms with Gasteiger partial charge in [-0.3, -0.25) is 4.79 Å². The van der Waals surface area contributed by atoms with Crippen molar-refractivity contribution >= 4 is 5.91 Å². The highest BCUT2D eigenvalue weighted by Gasteiger charge is 2.20. The lowest BCUT2D eigenvalue weighted by molar-refractivity contribution is -0.650. The molecule has 1 amide bonds. The topological polar surface area (TPSA) is 55.4 Å². The first-order valence-corrected chi connectivity index (χ1v) is 6.15. The number of quaternary nitrogens is 1. The van der Waals surface area contributed by atoms with Crippen LogP contribution in [-0.4, -0.2) is 62.9 Å². The molecule has 0 aromatic rings. The number of carbonyl (C=O) groups excluding carboxylic acids is 1. The van der Waals surface area contributed by atoms with E-state index in [1.54, 1.807) is 0 Å². The molecule has 92 valence electrons. The molecule has 0 aromatic heterocycles. The highest BCUT2D eigenvalue weighted by atomic mass is 16.5. The first kappa shape index (κ1) is 11.8. The fourth-order valence-electron chi connectivity index (χ4n) is 2.16. The average Bonchev–Trinajstić information content (AvgIpc) is 2.83. The first-order valence-electron chi connectivity index (χ1n) is 6.15. The Labute approximate surface area is 96.1 Å². The zero-order valence-corrected chi connectivity index (χ0v) is 9.69. The van der Waals surface area contributed by atoms with E-state index in [0.717, 1.165) is 39.1 Å². The maximum absolute atomic E-state index is 11.8. The van der Waals surface area contributed by atoms with Gasteiger partial charge in [-0.05, 0) is 12.8 Å². The molecular weight excluding hydrogens is 208 g/mol. The van der Waals surface area contributed by atoms with Crippen LogP contribution in [0.5, 0.6) is 0 Å². The lowest BCUT2D eigenvalue weighted by atomic mass is 10.2. The summed E-state index contributed by atoms with van der Waals surface area (Å²) in [6.45, 7) is 5.18. The van der Waals surface area contributed by atoms with Gasteiger partial charge in [-0.2, -0.15) is 0 Å². The van der Waals surface area contributed by atoms with Crippen LogP contribution >= 0.6 is 0 Å². The number of rotatable bonds is 4. The number of hydrogen-bond donors (Lipinski definition) is 1. The minimum Gasteiger partial charge on any atom is -0.378 e. The van der Waals surface area contributed by atoms with Crippen molar-refractivity contribution in [1.29, 1.82) is 0 Å². The van der Waals surface area contributed by atoms with E-state index < -0.39 is 0 Å². The Morgan fingerprint density at radius 3 is 2.81 bits per heavy atom. The fourth-order valence-corrected chi connectivity index (χ4v) is 2.16. The van der Waals surface area contributed by atoms with Crippen LogP contribution in [-0.2, 0) is 14.3 Å². The predicted octanol–water partition coefficient (Wildman–Crippen LogP) is -1.41. The van der Waals surface area contributed by atoms with Gasteiger partial charge in [0.05, 0.1) is 13.2 Å². The maximum atomic E-state index is 11.8. The Morgan fingerprint density at radius 2 is 2.12 bits per heavy atom. The average molecular weight is 229 g/mol. The summed E-state index contributed by atoms with van der Waals surface area (Å²) in [6, 6.07) is 0. The van der Waals surface area contributed by atoms with Gasteiger partial charge in [0.1, 0.15) is 12.6 Å². The van der Waals surface area contributed by atoms with Crippen molar-refractivity contribution in [3.05, 3.63) is 0 Å². The van der Waals surface area contributed by atoms with Crippen LogP contribution in [0.1, 0.15) is 12.8 Å². The second-order valence-electron chi connectivity index (χ2n) is 4.36. The monoisotopic (exact) mass is 229 g/mol.